The fourth-order valence-corrected chi connectivity index (χ4v) is 3.78. The van der Waals surface area contributed by atoms with Crippen LogP contribution in [0.4, 0.5) is 31.8 Å². The van der Waals surface area contributed by atoms with Crippen molar-refractivity contribution >= 4 is 34.2 Å². The highest BCUT2D eigenvalue weighted by molar-refractivity contribution is 5.77. The van der Waals surface area contributed by atoms with Crippen LogP contribution in [0.5, 0.6) is 5.75 Å². The summed E-state index contributed by atoms with van der Waals surface area (Å²) in [7, 11) is 0. The topological polar surface area (TPSA) is 115 Å². The maximum Gasteiger partial charge on any atom is 0.328 e. The lowest BCUT2D eigenvalue weighted by molar-refractivity contribution is 0.242. The molecule has 5 rings (SSSR count). The molecule has 0 amide bonds. The predicted octanol–water partition coefficient (Wildman–Crippen LogP) is 3.65. The van der Waals surface area contributed by atoms with E-state index in [1.54, 1.807) is 18.2 Å². The molecule has 1 unspecified atom stereocenters. The average molecular weight is 435 g/mol. The lowest BCUT2D eigenvalue weighted by Crippen LogP contribution is -2.28. The SMILES string of the molecule is [C-]#[N+]c1ccc(N)c(Nc2ncc3[nH]c(=O)n(C4CCOc5c(F)cc(F)cc54)c3n2)c1. The van der Waals surface area contributed by atoms with E-state index in [0.29, 0.717) is 29.0 Å². The van der Waals surface area contributed by atoms with Crippen molar-refractivity contribution in [3.05, 3.63) is 75.6 Å². The van der Waals surface area contributed by atoms with Crippen molar-refractivity contribution in [3.63, 3.8) is 0 Å². The van der Waals surface area contributed by atoms with Crippen LogP contribution >= 0.6 is 0 Å². The zero-order chi connectivity index (χ0) is 22.4. The van der Waals surface area contributed by atoms with E-state index in [2.05, 4.69) is 25.1 Å². The highest BCUT2D eigenvalue weighted by Gasteiger charge is 2.29. The molecule has 32 heavy (non-hydrogen) atoms. The molecule has 0 saturated carbocycles. The number of hydrogen-bond donors (Lipinski definition) is 3. The van der Waals surface area contributed by atoms with Crippen LogP contribution in [0.3, 0.4) is 0 Å². The first-order chi connectivity index (χ1) is 15.4. The molecule has 11 heteroatoms. The largest absolute Gasteiger partial charge is 0.490 e. The molecular formula is C21H15F2N7O2. The van der Waals surface area contributed by atoms with Gasteiger partial charge in [-0.15, -0.1) is 0 Å². The molecule has 3 heterocycles. The molecule has 4 aromatic rings. The Morgan fingerprint density at radius 3 is 2.97 bits per heavy atom. The summed E-state index contributed by atoms with van der Waals surface area (Å²) in [6, 6.07) is 5.93. The Hall–Kier alpha value is -4.46. The molecule has 0 spiro atoms. The summed E-state index contributed by atoms with van der Waals surface area (Å²) in [4.78, 5) is 27.4. The van der Waals surface area contributed by atoms with Gasteiger partial charge >= 0.3 is 5.69 Å². The molecule has 1 atom stereocenters. The fraction of sp³-hybridized carbons (Fsp3) is 0.143. The van der Waals surface area contributed by atoms with E-state index in [4.69, 9.17) is 17.0 Å². The second-order valence-corrected chi connectivity index (χ2v) is 7.20. The van der Waals surface area contributed by atoms with Gasteiger partial charge in [0.2, 0.25) is 5.95 Å². The third kappa shape index (κ3) is 3.18. The van der Waals surface area contributed by atoms with Crippen LogP contribution < -0.4 is 21.5 Å². The number of aromatic nitrogens is 4. The van der Waals surface area contributed by atoms with Crippen LogP contribution in [-0.4, -0.2) is 26.1 Å². The van der Waals surface area contributed by atoms with Gasteiger partial charge in [0.1, 0.15) is 11.3 Å². The Balaban J connectivity index is 1.62. The Bertz CT molecular complexity index is 1470. The maximum absolute atomic E-state index is 14.2. The van der Waals surface area contributed by atoms with Crippen LogP contribution in [0.1, 0.15) is 18.0 Å². The van der Waals surface area contributed by atoms with Crippen molar-refractivity contribution < 1.29 is 13.5 Å². The Morgan fingerprint density at radius 2 is 2.16 bits per heavy atom. The lowest BCUT2D eigenvalue weighted by atomic mass is 10.00. The van der Waals surface area contributed by atoms with Crippen molar-refractivity contribution in [2.75, 3.05) is 17.7 Å². The Kier molecular flexibility index (Phi) is 4.48. The number of hydrogen-bond acceptors (Lipinski definition) is 6. The molecule has 9 nitrogen and oxygen atoms in total. The van der Waals surface area contributed by atoms with Gasteiger partial charge < -0.3 is 20.8 Å². The summed E-state index contributed by atoms with van der Waals surface area (Å²) in [5.74, 6) is -1.54. The number of rotatable bonds is 3. The summed E-state index contributed by atoms with van der Waals surface area (Å²) in [6.45, 7) is 7.30. The first-order valence-corrected chi connectivity index (χ1v) is 9.57. The Labute approximate surface area is 179 Å². The number of H-pyrrole nitrogens is 1. The van der Waals surface area contributed by atoms with E-state index >= 15 is 0 Å². The summed E-state index contributed by atoms with van der Waals surface area (Å²) in [5.41, 5.74) is 7.49. The zero-order valence-electron chi connectivity index (χ0n) is 16.4. The molecule has 4 N–H and O–H groups in total. The standard InChI is InChI=1S/C21H15F2N7O2/c1-25-11-2-3-14(24)15(8-11)27-20-26-9-16-19(29-20)30(21(31)28-16)17-4-5-32-18-12(17)6-10(22)7-13(18)23/h2-3,6-9,17H,4-5,24H2,(H,28,31)(H,26,27,29). The number of nitrogens with one attached hydrogen (secondary N) is 2. The number of nitrogens with zero attached hydrogens (tertiary/aromatic N) is 4. The quantitative estimate of drug-likeness (QED) is 0.334. The molecule has 2 aromatic carbocycles. The predicted molar refractivity (Wildman–Crippen MR) is 113 cm³/mol. The van der Waals surface area contributed by atoms with Gasteiger partial charge in [-0.3, -0.25) is 4.57 Å². The number of fused-ring (bicyclic) bond motifs is 2. The number of nitrogens with two attached hydrogens (primary N) is 1. The number of anilines is 3. The van der Waals surface area contributed by atoms with Gasteiger partial charge in [-0.05, 0) is 18.2 Å². The van der Waals surface area contributed by atoms with Gasteiger partial charge in [0.15, 0.2) is 22.9 Å². The highest BCUT2D eigenvalue weighted by atomic mass is 19.1. The Morgan fingerprint density at radius 1 is 1.31 bits per heavy atom. The normalized spacial score (nSPS) is 15.1. The monoisotopic (exact) mass is 435 g/mol. The number of imidazole rings is 1. The molecule has 1 aliphatic rings. The van der Waals surface area contributed by atoms with E-state index in [1.165, 1.54) is 10.8 Å². The van der Waals surface area contributed by atoms with Gasteiger partial charge in [0.05, 0.1) is 36.8 Å². The van der Waals surface area contributed by atoms with Crippen molar-refractivity contribution in [2.45, 2.75) is 12.5 Å². The van der Waals surface area contributed by atoms with Gasteiger partial charge in [0, 0.05) is 18.1 Å². The average Bonchev–Trinajstić information content (AvgIpc) is 3.10. The second kappa shape index (κ2) is 7.35. The summed E-state index contributed by atoms with van der Waals surface area (Å²) in [5, 5.41) is 2.95. The van der Waals surface area contributed by atoms with E-state index < -0.39 is 23.4 Å². The van der Waals surface area contributed by atoms with Crippen LogP contribution in [0, 0.1) is 18.2 Å². The number of halogens is 2. The summed E-state index contributed by atoms with van der Waals surface area (Å²) >= 11 is 0. The molecule has 2 aromatic heterocycles. The third-order valence-electron chi connectivity index (χ3n) is 5.22. The van der Waals surface area contributed by atoms with Crippen LogP contribution in [0.25, 0.3) is 16.0 Å². The number of benzene rings is 2. The number of ether oxygens (including phenoxy) is 1. The van der Waals surface area contributed by atoms with Crippen LogP contribution in [-0.2, 0) is 0 Å². The molecule has 1 aliphatic heterocycles. The fourth-order valence-electron chi connectivity index (χ4n) is 3.78. The van der Waals surface area contributed by atoms with Gasteiger partial charge in [0.25, 0.3) is 0 Å². The van der Waals surface area contributed by atoms with Gasteiger partial charge in [-0.25, -0.2) is 23.4 Å². The molecule has 0 radical (unpaired) electrons. The van der Waals surface area contributed by atoms with E-state index in [0.717, 1.165) is 12.1 Å². The zero-order valence-corrected chi connectivity index (χ0v) is 16.4. The smallest absolute Gasteiger partial charge is 0.328 e. The summed E-state index contributed by atoms with van der Waals surface area (Å²) in [6.07, 6.45) is 1.74. The minimum absolute atomic E-state index is 0.0833. The molecular weight excluding hydrogens is 420 g/mol. The molecule has 0 fully saturated rings. The number of nitrogen functional groups attached to an aromatic ring is 1. The van der Waals surface area contributed by atoms with Gasteiger partial charge in [-0.1, -0.05) is 6.07 Å². The van der Waals surface area contributed by atoms with Crippen molar-refractivity contribution in [3.8, 4) is 5.75 Å². The van der Waals surface area contributed by atoms with E-state index in [1.807, 2.05) is 0 Å². The molecule has 0 aliphatic carbocycles. The van der Waals surface area contributed by atoms with Crippen molar-refractivity contribution in [1.82, 2.24) is 19.5 Å². The molecule has 0 saturated heterocycles. The summed E-state index contributed by atoms with van der Waals surface area (Å²) < 4.78 is 34.9. The lowest BCUT2D eigenvalue weighted by Gasteiger charge is -2.27. The second-order valence-electron chi connectivity index (χ2n) is 7.20. The highest BCUT2D eigenvalue weighted by Crippen LogP contribution is 2.37. The minimum Gasteiger partial charge on any atom is -0.490 e. The first kappa shape index (κ1) is 19.5. The molecule has 160 valence electrons. The van der Waals surface area contributed by atoms with Gasteiger partial charge in [-0.2, -0.15) is 4.98 Å². The van der Waals surface area contributed by atoms with Crippen LogP contribution in [0.2, 0.25) is 0 Å². The van der Waals surface area contributed by atoms with E-state index in [9.17, 15) is 13.6 Å². The minimum atomic E-state index is -0.829. The molecule has 0 bridgehead atoms. The van der Waals surface area contributed by atoms with Crippen LogP contribution in [0.15, 0.2) is 41.3 Å². The van der Waals surface area contributed by atoms with Crippen molar-refractivity contribution in [1.29, 1.82) is 0 Å². The maximum atomic E-state index is 14.2. The third-order valence-corrected chi connectivity index (χ3v) is 5.22. The number of aromatic amines is 1. The van der Waals surface area contributed by atoms with E-state index in [-0.39, 0.29) is 29.5 Å². The van der Waals surface area contributed by atoms with Crippen molar-refractivity contribution in [2.24, 2.45) is 0 Å². The first-order valence-electron chi connectivity index (χ1n) is 9.57.